The first-order valence-electron chi connectivity index (χ1n) is 12.8. The molecule has 1 nitrogen and oxygen atoms in total. The van der Waals surface area contributed by atoms with Gasteiger partial charge >= 0.3 is 0 Å². The van der Waals surface area contributed by atoms with E-state index in [1.807, 2.05) is 12.2 Å². The van der Waals surface area contributed by atoms with E-state index in [1.54, 1.807) is 11.3 Å². The van der Waals surface area contributed by atoms with Crippen molar-refractivity contribution in [1.29, 1.82) is 0 Å². The highest BCUT2D eigenvalue weighted by Crippen LogP contribution is 2.39. The zero-order valence-corrected chi connectivity index (χ0v) is 21.7. The molecule has 0 saturated heterocycles. The van der Waals surface area contributed by atoms with E-state index in [4.69, 9.17) is 0 Å². The number of nitrogens with zero attached hydrogens (tertiary/aromatic N) is 1. The SMILES string of the molecule is C=Cc1sc2ccc(-c3ccc4c(c3)c3ccccc3n4-c3cccc(-c4ccccc4)c3)cc2c1C=C. The molecule has 0 aliphatic rings. The highest BCUT2D eigenvalue weighted by Gasteiger charge is 2.15. The van der Waals surface area contributed by atoms with Gasteiger partial charge in [-0.1, -0.05) is 98.1 Å². The van der Waals surface area contributed by atoms with Gasteiger partial charge in [-0.15, -0.1) is 11.3 Å². The monoisotopic (exact) mass is 503 g/mol. The average Bonchev–Trinajstić information content (AvgIpc) is 3.52. The predicted octanol–water partition coefficient (Wildman–Crippen LogP) is 10.6. The third-order valence-corrected chi connectivity index (χ3v) is 8.54. The minimum Gasteiger partial charge on any atom is -0.309 e. The van der Waals surface area contributed by atoms with E-state index in [0.29, 0.717) is 0 Å². The molecule has 0 atom stereocenters. The molecule has 38 heavy (non-hydrogen) atoms. The van der Waals surface area contributed by atoms with Crippen molar-refractivity contribution >= 4 is 55.4 Å². The predicted molar refractivity (Wildman–Crippen MR) is 167 cm³/mol. The second-order valence-corrected chi connectivity index (χ2v) is 10.6. The minimum atomic E-state index is 1.16. The van der Waals surface area contributed by atoms with Gasteiger partial charge in [0.25, 0.3) is 0 Å². The summed E-state index contributed by atoms with van der Waals surface area (Å²) in [7, 11) is 0. The Hall–Kier alpha value is -4.66. The molecule has 0 fully saturated rings. The molecule has 0 aliphatic carbocycles. The molecule has 0 spiro atoms. The van der Waals surface area contributed by atoms with Gasteiger partial charge in [0, 0.05) is 31.4 Å². The van der Waals surface area contributed by atoms with Crippen LogP contribution in [-0.4, -0.2) is 4.57 Å². The van der Waals surface area contributed by atoms with Gasteiger partial charge in [0.05, 0.1) is 11.0 Å². The van der Waals surface area contributed by atoms with E-state index in [0.717, 1.165) is 11.3 Å². The second-order valence-electron chi connectivity index (χ2n) is 9.50. The van der Waals surface area contributed by atoms with Crippen molar-refractivity contribution in [2.75, 3.05) is 0 Å². The number of para-hydroxylation sites is 1. The van der Waals surface area contributed by atoms with Gasteiger partial charge in [-0.25, -0.2) is 0 Å². The fourth-order valence-corrected chi connectivity index (χ4v) is 6.60. The van der Waals surface area contributed by atoms with Crippen LogP contribution in [0.1, 0.15) is 10.4 Å². The number of benzene rings is 5. The summed E-state index contributed by atoms with van der Waals surface area (Å²) in [6.07, 6.45) is 3.87. The number of thiophene rings is 1. The summed E-state index contributed by atoms with van der Waals surface area (Å²) >= 11 is 1.76. The lowest BCUT2D eigenvalue weighted by molar-refractivity contribution is 1.18. The Labute approximate surface area is 226 Å². The average molecular weight is 504 g/mol. The Morgan fingerprint density at radius 3 is 2.03 bits per heavy atom. The normalized spacial score (nSPS) is 11.4. The number of aromatic nitrogens is 1. The molecule has 180 valence electrons. The van der Waals surface area contributed by atoms with E-state index in [9.17, 15) is 0 Å². The molecule has 2 heterocycles. The first-order valence-corrected chi connectivity index (χ1v) is 13.6. The summed E-state index contributed by atoms with van der Waals surface area (Å²) in [5, 5.41) is 3.74. The molecule has 0 amide bonds. The van der Waals surface area contributed by atoms with Crippen molar-refractivity contribution in [3.05, 3.63) is 139 Å². The zero-order valence-electron chi connectivity index (χ0n) is 20.9. The fraction of sp³-hybridized carbons (Fsp3) is 0. The van der Waals surface area contributed by atoms with Crippen molar-refractivity contribution < 1.29 is 0 Å². The lowest BCUT2D eigenvalue weighted by Gasteiger charge is -2.11. The van der Waals surface area contributed by atoms with Crippen LogP contribution in [0.25, 0.3) is 72.0 Å². The van der Waals surface area contributed by atoms with Crippen molar-refractivity contribution in [3.63, 3.8) is 0 Å². The van der Waals surface area contributed by atoms with Crippen molar-refractivity contribution in [2.45, 2.75) is 0 Å². The summed E-state index contributed by atoms with van der Waals surface area (Å²) in [5.41, 5.74) is 9.60. The maximum Gasteiger partial charge on any atom is 0.0541 e. The van der Waals surface area contributed by atoms with Gasteiger partial charge < -0.3 is 4.57 Å². The van der Waals surface area contributed by atoms with E-state index < -0.39 is 0 Å². The quantitative estimate of drug-likeness (QED) is 0.220. The first kappa shape index (κ1) is 22.5. The summed E-state index contributed by atoms with van der Waals surface area (Å²) < 4.78 is 3.64. The zero-order chi connectivity index (χ0) is 25.6. The molecule has 7 aromatic rings. The molecule has 7 rings (SSSR count). The molecular weight excluding hydrogens is 478 g/mol. The van der Waals surface area contributed by atoms with E-state index in [2.05, 4.69) is 133 Å². The topological polar surface area (TPSA) is 4.93 Å². The van der Waals surface area contributed by atoms with Crippen LogP contribution >= 0.6 is 11.3 Å². The van der Waals surface area contributed by atoms with Gasteiger partial charge in [-0.3, -0.25) is 0 Å². The Morgan fingerprint density at radius 1 is 0.526 bits per heavy atom. The van der Waals surface area contributed by atoms with Crippen LogP contribution in [0.3, 0.4) is 0 Å². The van der Waals surface area contributed by atoms with Crippen LogP contribution in [0, 0.1) is 0 Å². The molecule has 0 N–H and O–H groups in total. The van der Waals surface area contributed by atoms with E-state index in [1.165, 1.54) is 59.0 Å². The second kappa shape index (κ2) is 9.02. The molecule has 0 saturated carbocycles. The highest BCUT2D eigenvalue weighted by molar-refractivity contribution is 7.20. The summed E-state index contributed by atoms with van der Waals surface area (Å²) in [5.74, 6) is 0. The Morgan fingerprint density at radius 2 is 1.21 bits per heavy atom. The number of hydrogen-bond acceptors (Lipinski definition) is 1. The maximum atomic E-state index is 4.05. The third-order valence-electron chi connectivity index (χ3n) is 7.36. The summed E-state index contributed by atoms with van der Waals surface area (Å²) in [4.78, 5) is 1.17. The molecule has 2 aromatic heterocycles. The van der Waals surface area contributed by atoms with Crippen LogP contribution in [0.2, 0.25) is 0 Å². The van der Waals surface area contributed by atoms with Crippen molar-refractivity contribution in [1.82, 2.24) is 4.57 Å². The lowest BCUT2D eigenvalue weighted by Crippen LogP contribution is -1.94. The Balaban J connectivity index is 1.42. The summed E-state index contributed by atoms with van der Waals surface area (Å²) in [6, 6.07) is 41.7. The molecule has 0 unspecified atom stereocenters. The maximum absolute atomic E-state index is 4.05. The van der Waals surface area contributed by atoms with Crippen LogP contribution in [0.15, 0.2) is 128 Å². The fourth-order valence-electron chi connectivity index (χ4n) is 5.56. The van der Waals surface area contributed by atoms with Gasteiger partial charge in [-0.2, -0.15) is 0 Å². The molecule has 2 heteroatoms. The van der Waals surface area contributed by atoms with Gasteiger partial charge in [-0.05, 0) is 70.3 Å². The molecular formula is C36H25NS. The van der Waals surface area contributed by atoms with Gasteiger partial charge in [0.15, 0.2) is 0 Å². The van der Waals surface area contributed by atoms with Crippen molar-refractivity contribution in [2.24, 2.45) is 0 Å². The van der Waals surface area contributed by atoms with Gasteiger partial charge in [0.1, 0.15) is 0 Å². The number of fused-ring (bicyclic) bond motifs is 4. The third kappa shape index (κ3) is 3.53. The number of hydrogen-bond donors (Lipinski definition) is 0. The lowest BCUT2D eigenvalue weighted by atomic mass is 10.00. The minimum absolute atomic E-state index is 1.16. The standard InChI is InChI=1S/C36H25NS/c1-3-29-32-23-27(18-20-36(32)38-35(29)4-2)26-17-19-34-31(22-26)30-15-8-9-16-33(30)37(34)28-14-10-13-25(21-28)24-11-6-5-7-12-24/h3-23H,1-2H2. The van der Waals surface area contributed by atoms with E-state index >= 15 is 0 Å². The molecule has 5 aromatic carbocycles. The van der Waals surface area contributed by atoms with Gasteiger partial charge in [0.2, 0.25) is 0 Å². The first-order chi connectivity index (χ1) is 18.7. The van der Waals surface area contributed by atoms with Crippen LogP contribution in [0.5, 0.6) is 0 Å². The molecule has 0 aliphatic heterocycles. The highest BCUT2D eigenvalue weighted by atomic mass is 32.1. The molecule has 0 bridgehead atoms. The van der Waals surface area contributed by atoms with Crippen LogP contribution in [0.4, 0.5) is 0 Å². The van der Waals surface area contributed by atoms with Crippen LogP contribution in [-0.2, 0) is 0 Å². The summed E-state index contributed by atoms with van der Waals surface area (Å²) in [6.45, 7) is 8.04. The number of rotatable bonds is 5. The largest absolute Gasteiger partial charge is 0.309 e. The Bertz CT molecular complexity index is 2000. The smallest absolute Gasteiger partial charge is 0.0541 e. The van der Waals surface area contributed by atoms with E-state index in [-0.39, 0.29) is 0 Å². The van der Waals surface area contributed by atoms with Crippen molar-refractivity contribution in [3.8, 4) is 27.9 Å². The molecule has 0 radical (unpaired) electrons. The van der Waals surface area contributed by atoms with Crippen LogP contribution < -0.4 is 0 Å². The Kier molecular flexibility index (Phi) is 5.35.